The number of hydrogen-bond donors (Lipinski definition) is 1. The molecule has 0 spiro atoms. The molecule has 0 saturated heterocycles. The van der Waals surface area contributed by atoms with Gasteiger partial charge >= 0.3 is 0 Å². The highest BCUT2D eigenvalue weighted by molar-refractivity contribution is 8.17. The van der Waals surface area contributed by atoms with E-state index in [0.29, 0.717) is 24.1 Å². The number of benzene rings is 3. The molecular formula is C29H25N3O3S. The fourth-order valence-corrected chi connectivity index (χ4v) is 4.75. The second-order valence-electron chi connectivity index (χ2n) is 8.44. The number of fused-ring (bicyclic) bond motifs is 1. The van der Waals surface area contributed by atoms with E-state index >= 15 is 0 Å². The number of ether oxygens (including phenoxy) is 2. The first kappa shape index (κ1) is 23.6. The maximum atomic E-state index is 12.7. The molecule has 3 aromatic rings. The molecule has 0 atom stereocenters. The standard InChI is InChI=1S/C29H25N3O3S/c1-19-8-11-24(16-20(19)2)35-15-14-34-23-12-9-21(10-13-23)17-25-27(30)32-26(22-6-4-3-5-7-22)18-36-29(32)31-28(25)33/h3-13,16-18,30H,14-15H2,1-2H3. The molecule has 2 heterocycles. The van der Waals surface area contributed by atoms with E-state index in [0.717, 1.165) is 22.6 Å². The number of nitrogens with zero attached hydrogens (tertiary/aromatic N) is 2. The fourth-order valence-electron chi connectivity index (χ4n) is 3.86. The summed E-state index contributed by atoms with van der Waals surface area (Å²) in [6.07, 6.45) is 1.70. The molecule has 0 bridgehead atoms. The third-order valence-electron chi connectivity index (χ3n) is 5.97. The lowest BCUT2D eigenvalue weighted by Crippen LogP contribution is -2.38. The predicted octanol–water partition coefficient (Wildman–Crippen LogP) is 6.07. The highest BCUT2D eigenvalue weighted by atomic mass is 32.2. The van der Waals surface area contributed by atoms with Crippen molar-refractivity contribution in [3.05, 3.63) is 106 Å². The Kier molecular flexibility index (Phi) is 6.73. The maximum absolute atomic E-state index is 12.7. The monoisotopic (exact) mass is 495 g/mol. The Morgan fingerprint density at radius 3 is 2.33 bits per heavy atom. The first-order valence-electron chi connectivity index (χ1n) is 11.6. The van der Waals surface area contributed by atoms with Crippen molar-refractivity contribution in [2.24, 2.45) is 4.99 Å². The van der Waals surface area contributed by atoms with E-state index in [9.17, 15) is 4.79 Å². The van der Waals surface area contributed by atoms with Crippen molar-refractivity contribution in [2.75, 3.05) is 13.2 Å². The second kappa shape index (κ2) is 10.3. The van der Waals surface area contributed by atoms with Gasteiger partial charge in [-0.05, 0) is 66.4 Å². The highest BCUT2D eigenvalue weighted by Crippen LogP contribution is 2.37. The van der Waals surface area contributed by atoms with Crippen molar-refractivity contribution in [3.8, 4) is 11.5 Å². The Hall–Kier alpha value is -4.10. The van der Waals surface area contributed by atoms with Crippen LogP contribution >= 0.6 is 11.8 Å². The summed E-state index contributed by atoms with van der Waals surface area (Å²) >= 11 is 1.35. The van der Waals surface area contributed by atoms with Gasteiger partial charge in [-0.25, -0.2) is 0 Å². The molecule has 0 aromatic heterocycles. The highest BCUT2D eigenvalue weighted by Gasteiger charge is 2.36. The van der Waals surface area contributed by atoms with E-state index in [1.165, 1.54) is 22.9 Å². The van der Waals surface area contributed by atoms with Crippen LogP contribution in [-0.2, 0) is 4.79 Å². The zero-order valence-electron chi connectivity index (χ0n) is 20.0. The fraction of sp³-hybridized carbons (Fsp3) is 0.138. The van der Waals surface area contributed by atoms with Crippen LogP contribution in [0.1, 0.15) is 22.3 Å². The third kappa shape index (κ3) is 4.97. The van der Waals surface area contributed by atoms with Crippen LogP contribution in [0.3, 0.4) is 0 Å². The molecule has 7 heteroatoms. The number of aliphatic imine (C=N–C) groups is 1. The number of hydrogen-bond acceptors (Lipinski definition) is 5. The third-order valence-corrected chi connectivity index (χ3v) is 6.80. The summed E-state index contributed by atoms with van der Waals surface area (Å²) in [5.74, 6) is 1.24. The minimum absolute atomic E-state index is 0.119. The van der Waals surface area contributed by atoms with Crippen LogP contribution in [-0.4, -0.2) is 35.0 Å². The number of thioether (sulfide) groups is 1. The number of carbonyl (C=O) groups is 1. The molecule has 2 aliphatic heterocycles. The van der Waals surface area contributed by atoms with E-state index in [2.05, 4.69) is 18.8 Å². The van der Waals surface area contributed by atoms with Gasteiger partial charge in [0, 0.05) is 5.41 Å². The number of aryl methyl sites for hydroxylation is 2. The van der Waals surface area contributed by atoms with Crippen molar-refractivity contribution in [3.63, 3.8) is 0 Å². The molecule has 0 aliphatic carbocycles. The molecule has 0 unspecified atom stereocenters. The van der Waals surface area contributed by atoms with Crippen molar-refractivity contribution in [2.45, 2.75) is 13.8 Å². The van der Waals surface area contributed by atoms with Crippen LogP contribution in [0, 0.1) is 19.3 Å². The largest absolute Gasteiger partial charge is 0.490 e. The Bertz CT molecular complexity index is 1410. The van der Waals surface area contributed by atoms with Crippen molar-refractivity contribution >= 4 is 40.4 Å². The van der Waals surface area contributed by atoms with Crippen LogP contribution in [0.5, 0.6) is 11.5 Å². The summed E-state index contributed by atoms with van der Waals surface area (Å²) in [6.45, 7) is 4.98. The molecule has 2 aliphatic rings. The minimum atomic E-state index is -0.412. The van der Waals surface area contributed by atoms with Gasteiger partial charge in [0.05, 0.1) is 11.3 Å². The minimum Gasteiger partial charge on any atom is -0.490 e. The van der Waals surface area contributed by atoms with E-state index in [4.69, 9.17) is 14.9 Å². The molecule has 1 amide bonds. The summed E-state index contributed by atoms with van der Waals surface area (Å²) in [7, 11) is 0. The number of amidine groups is 2. The van der Waals surface area contributed by atoms with E-state index in [1.807, 2.05) is 78.2 Å². The van der Waals surface area contributed by atoms with Gasteiger partial charge < -0.3 is 9.47 Å². The SMILES string of the molecule is Cc1ccc(OCCOc2ccc(C=C3C(=N)N4C(c5ccccc5)=CSC4=NC3=O)cc2)cc1C. The van der Waals surface area contributed by atoms with Crippen molar-refractivity contribution in [1.82, 2.24) is 4.90 Å². The van der Waals surface area contributed by atoms with Crippen LogP contribution in [0.2, 0.25) is 0 Å². The first-order valence-corrected chi connectivity index (χ1v) is 12.5. The average molecular weight is 496 g/mol. The number of nitrogens with one attached hydrogen (secondary N) is 1. The Balaban J connectivity index is 1.23. The molecule has 1 N–H and O–H groups in total. The first-order chi connectivity index (χ1) is 17.5. The number of rotatable bonds is 7. The van der Waals surface area contributed by atoms with Crippen molar-refractivity contribution in [1.29, 1.82) is 5.41 Å². The van der Waals surface area contributed by atoms with Gasteiger partial charge in [-0.1, -0.05) is 60.3 Å². The molecule has 0 fully saturated rings. The molecule has 36 heavy (non-hydrogen) atoms. The predicted molar refractivity (Wildman–Crippen MR) is 145 cm³/mol. The molecule has 0 radical (unpaired) electrons. The molecule has 6 nitrogen and oxygen atoms in total. The summed E-state index contributed by atoms with van der Waals surface area (Å²) in [5, 5.41) is 11.2. The van der Waals surface area contributed by atoms with Gasteiger partial charge in [0.2, 0.25) is 0 Å². The Morgan fingerprint density at radius 1 is 0.917 bits per heavy atom. The van der Waals surface area contributed by atoms with Gasteiger partial charge in [0.1, 0.15) is 30.5 Å². The van der Waals surface area contributed by atoms with Gasteiger partial charge in [0.15, 0.2) is 5.17 Å². The summed E-state index contributed by atoms with van der Waals surface area (Å²) < 4.78 is 11.6. The van der Waals surface area contributed by atoms with E-state index < -0.39 is 5.91 Å². The Labute approximate surface area is 214 Å². The molecule has 3 aromatic carbocycles. The van der Waals surface area contributed by atoms with Crippen LogP contribution < -0.4 is 9.47 Å². The zero-order valence-corrected chi connectivity index (χ0v) is 20.8. The average Bonchev–Trinajstić information content (AvgIpc) is 3.32. The van der Waals surface area contributed by atoms with Gasteiger partial charge in [-0.15, -0.1) is 0 Å². The lowest BCUT2D eigenvalue weighted by molar-refractivity contribution is -0.114. The van der Waals surface area contributed by atoms with Gasteiger partial charge in [-0.3, -0.25) is 15.1 Å². The van der Waals surface area contributed by atoms with Gasteiger partial charge in [0.25, 0.3) is 5.91 Å². The zero-order chi connectivity index (χ0) is 25.1. The molecule has 180 valence electrons. The summed E-state index contributed by atoms with van der Waals surface area (Å²) in [4.78, 5) is 18.6. The molecular weight excluding hydrogens is 470 g/mol. The smallest absolute Gasteiger partial charge is 0.283 e. The summed E-state index contributed by atoms with van der Waals surface area (Å²) in [6, 6.07) is 23.2. The van der Waals surface area contributed by atoms with Gasteiger partial charge in [-0.2, -0.15) is 4.99 Å². The van der Waals surface area contributed by atoms with E-state index in [1.54, 1.807) is 11.0 Å². The normalized spacial score (nSPS) is 16.1. The lowest BCUT2D eigenvalue weighted by Gasteiger charge is -2.26. The maximum Gasteiger partial charge on any atom is 0.283 e. The Morgan fingerprint density at radius 2 is 1.61 bits per heavy atom. The topological polar surface area (TPSA) is 75.0 Å². The van der Waals surface area contributed by atoms with Crippen LogP contribution in [0.25, 0.3) is 11.8 Å². The van der Waals surface area contributed by atoms with Crippen molar-refractivity contribution < 1.29 is 14.3 Å². The molecule has 0 saturated carbocycles. The number of amides is 1. The second-order valence-corrected chi connectivity index (χ2v) is 9.28. The quantitative estimate of drug-likeness (QED) is 0.318. The summed E-state index contributed by atoms with van der Waals surface area (Å²) in [5.41, 5.74) is 5.28. The molecule has 5 rings (SSSR count). The van der Waals surface area contributed by atoms with Crippen LogP contribution in [0.15, 0.2) is 88.8 Å². The van der Waals surface area contributed by atoms with Crippen LogP contribution in [0.4, 0.5) is 0 Å². The lowest BCUT2D eigenvalue weighted by atomic mass is 10.1. The van der Waals surface area contributed by atoms with E-state index in [-0.39, 0.29) is 11.4 Å². The number of carbonyl (C=O) groups excluding carboxylic acids is 1.